The minimum atomic E-state index is -0.201. The average molecular weight is 322 g/mol. The van der Waals surface area contributed by atoms with Crippen molar-refractivity contribution >= 4 is 11.8 Å². The number of hydrogen-bond acceptors (Lipinski definition) is 3. The highest BCUT2D eigenvalue weighted by Gasteiger charge is 2.42. The average Bonchev–Trinajstić information content (AvgIpc) is 3.00. The van der Waals surface area contributed by atoms with Crippen molar-refractivity contribution in [2.75, 3.05) is 25.0 Å². The van der Waals surface area contributed by atoms with Crippen molar-refractivity contribution in [3.8, 4) is 0 Å². The Morgan fingerprint density at radius 3 is 2.54 bits per heavy atom. The fourth-order valence-corrected chi connectivity index (χ4v) is 3.83. The number of benzene rings is 2. The summed E-state index contributed by atoms with van der Waals surface area (Å²) in [4.78, 5) is 14.2. The Hall–Kier alpha value is -2.49. The van der Waals surface area contributed by atoms with Crippen LogP contribution < -0.4 is 5.32 Å². The van der Waals surface area contributed by atoms with Crippen LogP contribution in [0.2, 0.25) is 0 Å². The predicted octanol–water partition coefficient (Wildman–Crippen LogP) is 3.78. The summed E-state index contributed by atoms with van der Waals surface area (Å²) in [6.45, 7) is 2.82. The van der Waals surface area contributed by atoms with E-state index in [-0.39, 0.29) is 11.5 Å². The summed E-state index contributed by atoms with van der Waals surface area (Å²) in [5.41, 5.74) is 3.85. The lowest BCUT2D eigenvalue weighted by molar-refractivity contribution is 0.0794. The van der Waals surface area contributed by atoms with Crippen LogP contribution in [0.1, 0.15) is 24.0 Å². The van der Waals surface area contributed by atoms with Gasteiger partial charge in [-0.2, -0.15) is 0 Å². The van der Waals surface area contributed by atoms with Gasteiger partial charge in [-0.25, -0.2) is 4.79 Å². The summed E-state index contributed by atoms with van der Waals surface area (Å²) in [6.07, 6.45) is 1.77. The zero-order valence-electron chi connectivity index (χ0n) is 13.7. The Morgan fingerprint density at radius 2 is 1.75 bits per heavy atom. The molecule has 0 aliphatic carbocycles. The molecule has 1 spiro atoms. The molecule has 24 heavy (non-hydrogen) atoms. The molecule has 1 amide bonds. The van der Waals surface area contributed by atoms with Crippen molar-refractivity contribution in [1.29, 1.82) is 0 Å². The minimum absolute atomic E-state index is 0.173. The number of anilines is 1. The molecular formula is C20H22N2O2. The maximum absolute atomic E-state index is 12.3. The number of piperidine rings is 1. The molecule has 0 atom stereocenters. The number of carbonyl (C=O) groups excluding carboxylic acids is 1. The lowest BCUT2D eigenvalue weighted by Gasteiger charge is -2.38. The van der Waals surface area contributed by atoms with Gasteiger partial charge in [-0.15, -0.1) is 0 Å². The number of hydrogen-bond donors (Lipinski definition) is 1. The molecule has 2 heterocycles. The molecule has 4 nitrogen and oxygen atoms in total. The molecule has 2 aliphatic heterocycles. The van der Waals surface area contributed by atoms with Crippen molar-refractivity contribution < 1.29 is 9.53 Å². The maximum Gasteiger partial charge on any atom is 0.410 e. The van der Waals surface area contributed by atoms with E-state index in [1.165, 1.54) is 11.3 Å². The topological polar surface area (TPSA) is 41.6 Å². The lowest BCUT2D eigenvalue weighted by Crippen LogP contribution is -2.46. The summed E-state index contributed by atoms with van der Waals surface area (Å²) in [5, 5.41) is 3.52. The normalized spacial score (nSPS) is 18.1. The lowest BCUT2D eigenvalue weighted by atomic mass is 9.74. The summed E-state index contributed by atoms with van der Waals surface area (Å²) >= 11 is 0. The first-order valence-corrected chi connectivity index (χ1v) is 8.56. The van der Waals surface area contributed by atoms with Crippen molar-refractivity contribution in [2.45, 2.75) is 24.9 Å². The van der Waals surface area contributed by atoms with Crippen LogP contribution >= 0.6 is 0 Å². The van der Waals surface area contributed by atoms with Crippen LogP contribution in [-0.2, 0) is 16.8 Å². The van der Waals surface area contributed by atoms with Crippen LogP contribution in [0.4, 0.5) is 10.5 Å². The number of amides is 1. The summed E-state index contributed by atoms with van der Waals surface area (Å²) in [5.74, 6) is 0. The zero-order chi connectivity index (χ0) is 16.4. The molecule has 124 valence electrons. The third-order valence-corrected chi connectivity index (χ3v) is 5.30. The number of rotatable bonds is 2. The van der Waals surface area contributed by atoms with Crippen molar-refractivity contribution in [2.24, 2.45) is 0 Å². The van der Waals surface area contributed by atoms with Crippen LogP contribution in [0.15, 0.2) is 54.6 Å². The van der Waals surface area contributed by atoms with Gasteiger partial charge in [0.2, 0.25) is 0 Å². The molecule has 2 aromatic carbocycles. The number of ether oxygens (including phenoxy) is 1. The highest BCUT2D eigenvalue weighted by molar-refractivity contribution is 5.68. The fraction of sp³-hybridized carbons (Fsp3) is 0.350. The second-order valence-corrected chi connectivity index (χ2v) is 6.71. The first-order valence-electron chi connectivity index (χ1n) is 8.56. The highest BCUT2D eigenvalue weighted by Crippen LogP contribution is 2.43. The van der Waals surface area contributed by atoms with Gasteiger partial charge in [-0.05, 0) is 30.0 Å². The van der Waals surface area contributed by atoms with Crippen molar-refractivity contribution in [3.63, 3.8) is 0 Å². The Kier molecular flexibility index (Phi) is 3.89. The van der Waals surface area contributed by atoms with Gasteiger partial charge in [0.05, 0.1) is 0 Å². The molecule has 1 saturated heterocycles. The summed E-state index contributed by atoms with van der Waals surface area (Å²) < 4.78 is 5.46. The van der Waals surface area contributed by atoms with Gasteiger partial charge in [0, 0.05) is 30.7 Å². The first-order chi connectivity index (χ1) is 11.8. The number of nitrogens with one attached hydrogen (secondary N) is 1. The number of nitrogens with zero attached hydrogens (tertiary/aromatic N) is 1. The van der Waals surface area contributed by atoms with Gasteiger partial charge >= 0.3 is 6.09 Å². The predicted molar refractivity (Wildman–Crippen MR) is 94.0 cm³/mol. The van der Waals surface area contributed by atoms with E-state index in [1.807, 2.05) is 35.2 Å². The molecule has 4 heteroatoms. The van der Waals surface area contributed by atoms with Crippen LogP contribution in [0.3, 0.4) is 0 Å². The number of likely N-dealkylation sites (tertiary alicyclic amines) is 1. The highest BCUT2D eigenvalue weighted by atomic mass is 16.6. The fourth-order valence-electron chi connectivity index (χ4n) is 3.83. The molecule has 2 aliphatic rings. The summed E-state index contributed by atoms with van der Waals surface area (Å²) in [6, 6.07) is 18.4. The van der Waals surface area contributed by atoms with Gasteiger partial charge in [0.15, 0.2) is 0 Å². The van der Waals surface area contributed by atoms with E-state index in [0.29, 0.717) is 6.61 Å². The van der Waals surface area contributed by atoms with Crippen LogP contribution in [0.25, 0.3) is 0 Å². The number of carbonyl (C=O) groups is 1. The molecule has 4 rings (SSSR count). The quantitative estimate of drug-likeness (QED) is 0.915. The van der Waals surface area contributed by atoms with Crippen molar-refractivity contribution in [1.82, 2.24) is 4.90 Å². The standard InChI is InChI=1S/C20H22N2O2/c23-19(24-14-16-6-2-1-3-7-16)22-12-10-20(11-13-22)15-21-18-9-5-4-8-17(18)20/h1-9,21H,10-15H2. The zero-order valence-corrected chi connectivity index (χ0v) is 13.7. The third-order valence-electron chi connectivity index (χ3n) is 5.30. The van der Waals surface area contributed by atoms with Crippen LogP contribution in [0.5, 0.6) is 0 Å². The second-order valence-electron chi connectivity index (χ2n) is 6.71. The molecule has 0 saturated carbocycles. The smallest absolute Gasteiger partial charge is 0.410 e. The van der Waals surface area contributed by atoms with Gasteiger partial charge in [-0.1, -0.05) is 48.5 Å². The number of fused-ring (bicyclic) bond motifs is 2. The van der Waals surface area contributed by atoms with E-state index >= 15 is 0 Å². The molecule has 1 N–H and O–H groups in total. The van der Waals surface area contributed by atoms with E-state index < -0.39 is 0 Å². The van der Waals surface area contributed by atoms with E-state index in [0.717, 1.165) is 38.0 Å². The SMILES string of the molecule is O=C(OCc1ccccc1)N1CCC2(CC1)CNc1ccccc12. The van der Waals surface area contributed by atoms with Crippen LogP contribution in [0, 0.1) is 0 Å². The Balaban J connectivity index is 1.36. The summed E-state index contributed by atoms with van der Waals surface area (Å²) in [7, 11) is 0. The number of para-hydroxylation sites is 1. The van der Waals surface area contributed by atoms with E-state index in [1.54, 1.807) is 0 Å². The Morgan fingerprint density at radius 1 is 1.04 bits per heavy atom. The molecule has 2 aromatic rings. The second kappa shape index (κ2) is 6.19. The van der Waals surface area contributed by atoms with Gasteiger partial charge in [0.25, 0.3) is 0 Å². The molecular weight excluding hydrogens is 300 g/mol. The molecule has 1 fully saturated rings. The molecule has 0 bridgehead atoms. The van der Waals surface area contributed by atoms with E-state index in [9.17, 15) is 4.79 Å². The maximum atomic E-state index is 12.3. The monoisotopic (exact) mass is 322 g/mol. The van der Waals surface area contributed by atoms with Gasteiger partial charge in [-0.3, -0.25) is 0 Å². The Labute approximate surface area is 142 Å². The van der Waals surface area contributed by atoms with Gasteiger partial charge in [0.1, 0.15) is 6.61 Å². The van der Waals surface area contributed by atoms with Gasteiger partial charge < -0.3 is 15.0 Å². The first kappa shape index (κ1) is 15.1. The van der Waals surface area contributed by atoms with E-state index in [2.05, 4.69) is 29.6 Å². The Bertz CT molecular complexity index is 721. The minimum Gasteiger partial charge on any atom is -0.445 e. The third kappa shape index (κ3) is 2.73. The van der Waals surface area contributed by atoms with Crippen molar-refractivity contribution in [3.05, 3.63) is 65.7 Å². The molecule has 0 aromatic heterocycles. The van der Waals surface area contributed by atoms with Crippen LogP contribution in [-0.4, -0.2) is 30.6 Å². The molecule has 0 radical (unpaired) electrons. The molecule has 0 unspecified atom stereocenters. The largest absolute Gasteiger partial charge is 0.445 e. The van der Waals surface area contributed by atoms with E-state index in [4.69, 9.17) is 4.74 Å².